The average Bonchev–Trinajstić information content (AvgIpc) is 2.90. The second-order valence-corrected chi connectivity index (χ2v) is 4.28. The fraction of sp³-hybridized carbons (Fsp3) is 0.417. The van der Waals surface area contributed by atoms with Crippen LogP contribution in [0.4, 0.5) is 0 Å². The highest BCUT2D eigenvalue weighted by Crippen LogP contribution is 2.05. The minimum absolute atomic E-state index is 0.00600. The average molecular weight is 248 g/mol. The van der Waals surface area contributed by atoms with Crippen LogP contribution in [-0.4, -0.2) is 29.4 Å². The van der Waals surface area contributed by atoms with E-state index < -0.39 is 5.91 Å². The van der Waals surface area contributed by atoms with Crippen LogP contribution in [0.25, 0.3) is 0 Å². The maximum absolute atomic E-state index is 11.7. The van der Waals surface area contributed by atoms with Crippen LogP contribution in [0.1, 0.15) is 28.9 Å². The first-order valence-corrected chi connectivity index (χ1v) is 5.92. The third kappa shape index (κ3) is 3.04. The van der Waals surface area contributed by atoms with E-state index in [0.29, 0.717) is 6.54 Å². The number of hydrogen-bond acceptors (Lipinski definition) is 4. The molecule has 0 spiro atoms. The Morgan fingerprint density at radius 3 is 2.89 bits per heavy atom. The van der Waals surface area contributed by atoms with Crippen molar-refractivity contribution >= 4 is 11.8 Å². The molecule has 1 aliphatic rings. The molecule has 1 unspecified atom stereocenters. The van der Waals surface area contributed by atoms with E-state index in [1.54, 1.807) is 18.3 Å². The third-order valence-corrected chi connectivity index (χ3v) is 2.92. The summed E-state index contributed by atoms with van der Waals surface area (Å²) in [4.78, 5) is 26.5. The van der Waals surface area contributed by atoms with Crippen molar-refractivity contribution in [1.82, 2.24) is 15.6 Å². The van der Waals surface area contributed by atoms with E-state index in [9.17, 15) is 9.59 Å². The van der Waals surface area contributed by atoms with Crippen molar-refractivity contribution in [3.63, 3.8) is 0 Å². The van der Waals surface area contributed by atoms with Gasteiger partial charge in [0.15, 0.2) is 0 Å². The van der Waals surface area contributed by atoms with Gasteiger partial charge in [0.1, 0.15) is 5.69 Å². The van der Waals surface area contributed by atoms with Gasteiger partial charge in [-0.1, -0.05) is 6.07 Å². The van der Waals surface area contributed by atoms with Crippen LogP contribution < -0.4 is 16.4 Å². The Labute approximate surface area is 105 Å². The Kier molecular flexibility index (Phi) is 3.88. The normalized spacial score (nSPS) is 18.6. The molecular weight excluding hydrogens is 232 g/mol. The minimum atomic E-state index is -0.555. The summed E-state index contributed by atoms with van der Waals surface area (Å²) < 4.78 is 0. The van der Waals surface area contributed by atoms with Crippen LogP contribution in [0.3, 0.4) is 0 Å². The lowest BCUT2D eigenvalue weighted by atomic mass is 10.2. The fourth-order valence-corrected chi connectivity index (χ4v) is 1.90. The van der Waals surface area contributed by atoms with Crippen LogP contribution in [0.2, 0.25) is 0 Å². The summed E-state index contributed by atoms with van der Waals surface area (Å²) in [5, 5.41) is 5.96. The zero-order valence-corrected chi connectivity index (χ0v) is 9.98. The van der Waals surface area contributed by atoms with Gasteiger partial charge < -0.3 is 16.4 Å². The summed E-state index contributed by atoms with van der Waals surface area (Å²) in [6, 6.07) is 3.20. The number of pyridine rings is 1. The maximum atomic E-state index is 11.7. The van der Waals surface area contributed by atoms with Crippen molar-refractivity contribution in [2.75, 3.05) is 6.54 Å². The number of nitrogens with zero attached hydrogens (tertiary/aromatic N) is 1. The lowest BCUT2D eigenvalue weighted by Gasteiger charge is -2.10. The predicted molar refractivity (Wildman–Crippen MR) is 65.6 cm³/mol. The number of primary amides is 1. The molecule has 1 saturated heterocycles. The summed E-state index contributed by atoms with van der Waals surface area (Å²) >= 11 is 0. The van der Waals surface area contributed by atoms with Crippen LogP contribution in [0.15, 0.2) is 18.3 Å². The molecule has 1 fully saturated rings. The van der Waals surface area contributed by atoms with Gasteiger partial charge in [0.25, 0.3) is 5.91 Å². The standard InChI is InChI=1S/C12H16N4O2/c13-11(17)9-4-3-8(6-15-9)7-16-12(18)10-2-1-5-14-10/h3-4,6,10,14H,1-2,5,7H2,(H2,13,17)(H,16,18). The minimum Gasteiger partial charge on any atom is -0.364 e. The van der Waals surface area contributed by atoms with E-state index in [1.165, 1.54) is 0 Å². The Morgan fingerprint density at radius 1 is 1.50 bits per heavy atom. The van der Waals surface area contributed by atoms with E-state index in [1.807, 2.05) is 0 Å². The van der Waals surface area contributed by atoms with Crippen molar-refractivity contribution in [2.24, 2.45) is 5.73 Å². The number of carbonyl (C=O) groups is 2. The zero-order chi connectivity index (χ0) is 13.0. The molecule has 1 aliphatic heterocycles. The molecule has 4 N–H and O–H groups in total. The van der Waals surface area contributed by atoms with Crippen molar-refractivity contribution in [3.05, 3.63) is 29.6 Å². The Balaban J connectivity index is 1.86. The van der Waals surface area contributed by atoms with Gasteiger partial charge in [-0.3, -0.25) is 14.6 Å². The van der Waals surface area contributed by atoms with E-state index in [-0.39, 0.29) is 17.6 Å². The van der Waals surface area contributed by atoms with Crippen LogP contribution in [0.5, 0.6) is 0 Å². The van der Waals surface area contributed by atoms with Gasteiger partial charge in [0, 0.05) is 12.7 Å². The van der Waals surface area contributed by atoms with Gasteiger partial charge in [-0.25, -0.2) is 0 Å². The van der Waals surface area contributed by atoms with E-state index in [4.69, 9.17) is 5.73 Å². The van der Waals surface area contributed by atoms with Gasteiger partial charge in [-0.05, 0) is 31.0 Å². The number of rotatable bonds is 4. The lowest BCUT2D eigenvalue weighted by Crippen LogP contribution is -2.40. The molecular formula is C12H16N4O2. The molecule has 0 aromatic carbocycles. The SMILES string of the molecule is NC(=O)c1ccc(CNC(=O)C2CCCN2)cn1. The molecule has 0 radical (unpaired) electrons. The topological polar surface area (TPSA) is 97.1 Å². The predicted octanol–water partition coefficient (Wildman–Crippen LogP) is -0.451. The Bertz CT molecular complexity index is 438. The summed E-state index contributed by atoms with van der Waals surface area (Å²) in [7, 11) is 0. The Hall–Kier alpha value is -1.95. The maximum Gasteiger partial charge on any atom is 0.267 e. The first-order valence-electron chi connectivity index (χ1n) is 5.92. The van der Waals surface area contributed by atoms with Gasteiger partial charge in [-0.2, -0.15) is 0 Å². The van der Waals surface area contributed by atoms with Crippen molar-refractivity contribution in [1.29, 1.82) is 0 Å². The van der Waals surface area contributed by atoms with Crippen molar-refractivity contribution < 1.29 is 9.59 Å². The van der Waals surface area contributed by atoms with Gasteiger partial charge in [-0.15, -0.1) is 0 Å². The largest absolute Gasteiger partial charge is 0.364 e. The second kappa shape index (κ2) is 5.59. The smallest absolute Gasteiger partial charge is 0.267 e. The molecule has 1 atom stereocenters. The van der Waals surface area contributed by atoms with Crippen molar-refractivity contribution in [3.8, 4) is 0 Å². The second-order valence-electron chi connectivity index (χ2n) is 4.28. The lowest BCUT2D eigenvalue weighted by molar-refractivity contribution is -0.122. The molecule has 6 nitrogen and oxygen atoms in total. The molecule has 2 heterocycles. The molecule has 6 heteroatoms. The molecule has 2 rings (SSSR count). The van der Waals surface area contributed by atoms with E-state index >= 15 is 0 Å². The van der Waals surface area contributed by atoms with Gasteiger partial charge >= 0.3 is 0 Å². The summed E-state index contributed by atoms with van der Waals surface area (Å²) in [6.07, 6.45) is 3.46. The van der Waals surface area contributed by atoms with Crippen LogP contribution >= 0.6 is 0 Å². The van der Waals surface area contributed by atoms with Gasteiger partial charge in [0.05, 0.1) is 6.04 Å². The number of aromatic nitrogens is 1. The first-order chi connectivity index (χ1) is 8.66. The number of amides is 2. The van der Waals surface area contributed by atoms with Crippen molar-refractivity contribution in [2.45, 2.75) is 25.4 Å². The summed E-state index contributed by atoms with van der Waals surface area (Å²) in [6.45, 7) is 1.30. The molecule has 0 bridgehead atoms. The molecule has 96 valence electrons. The number of nitrogens with two attached hydrogens (primary N) is 1. The molecule has 0 aliphatic carbocycles. The molecule has 0 saturated carbocycles. The summed E-state index contributed by atoms with van der Waals surface area (Å²) in [5.74, 6) is -0.549. The highest BCUT2D eigenvalue weighted by molar-refractivity contribution is 5.90. The van der Waals surface area contributed by atoms with E-state index in [0.717, 1.165) is 24.9 Å². The first kappa shape index (κ1) is 12.5. The Morgan fingerprint density at radius 2 is 2.33 bits per heavy atom. The quantitative estimate of drug-likeness (QED) is 0.672. The van der Waals surface area contributed by atoms with E-state index in [2.05, 4.69) is 15.6 Å². The van der Waals surface area contributed by atoms with Crippen LogP contribution in [-0.2, 0) is 11.3 Å². The van der Waals surface area contributed by atoms with Crippen LogP contribution in [0, 0.1) is 0 Å². The fourth-order valence-electron chi connectivity index (χ4n) is 1.90. The number of carbonyl (C=O) groups excluding carboxylic acids is 2. The zero-order valence-electron chi connectivity index (χ0n) is 9.98. The number of nitrogens with one attached hydrogen (secondary N) is 2. The highest BCUT2D eigenvalue weighted by atomic mass is 16.2. The molecule has 2 amide bonds. The molecule has 1 aromatic heterocycles. The highest BCUT2D eigenvalue weighted by Gasteiger charge is 2.21. The number of hydrogen-bond donors (Lipinski definition) is 3. The van der Waals surface area contributed by atoms with Gasteiger partial charge in [0.2, 0.25) is 5.91 Å². The summed E-state index contributed by atoms with van der Waals surface area (Å²) in [5.41, 5.74) is 6.15. The molecule has 18 heavy (non-hydrogen) atoms. The third-order valence-electron chi connectivity index (χ3n) is 2.92. The monoisotopic (exact) mass is 248 g/mol. The molecule has 1 aromatic rings.